The summed E-state index contributed by atoms with van der Waals surface area (Å²) in [5.74, 6) is -0.738. The van der Waals surface area contributed by atoms with Crippen LogP contribution in [0.1, 0.15) is 46.0 Å². The van der Waals surface area contributed by atoms with Gasteiger partial charge in [-0.05, 0) is 26.7 Å². The molecule has 0 spiro atoms. The fraction of sp³-hybridized carbons (Fsp3) is 0.833. The maximum absolute atomic E-state index is 11.7. The minimum Gasteiger partial charge on any atom is -0.463 e. The van der Waals surface area contributed by atoms with E-state index in [0.717, 1.165) is 25.7 Å². The average molecular weight is 228 g/mol. The highest BCUT2D eigenvalue weighted by molar-refractivity contribution is 5.80. The molecule has 92 valence electrons. The van der Waals surface area contributed by atoms with Crippen LogP contribution in [0, 0.1) is 5.92 Å². The third-order valence-corrected chi connectivity index (χ3v) is 2.85. The third-order valence-electron chi connectivity index (χ3n) is 2.85. The zero-order chi connectivity index (χ0) is 12.0. The summed E-state index contributed by atoms with van der Waals surface area (Å²) in [4.78, 5) is 22.9. The average Bonchev–Trinajstić information content (AvgIpc) is 2.30. The predicted octanol–water partition coefficient (Wildman–Crippen LogP) is 2.06. The van der Waals surface area contributed by atoms with Crippen molar-refractivity contribution in [1.82, 2.24) is 0 Å². The molecule has 0 aromatic rings. The molecule has 0 saturated heterocycles. The van der Waals surface area contributed by atoms with Crippen molar-refractivity contribution in [2.75, 3.05) is 6.61 Å². The molecule has 1 aliphatic rings. The maximum Gasteiger partial charge on any atom is 0.347 e. The molecule has 0 N–H and O–H groups in total. The Kier molecular flexibility index (Phi) is 5.29. The van der Waals surface area contributed by atoms with E-state index >= 15 is 0 Å². The number of esters is 2. The van der Waals surface area contributed by atoms with Gasteiger partial charge in [0.1, 0.15) is 0 Å². The summed E-state index contributed by atoms with van der Waals surface area (Å²) >= 11 is 0. The largest absolute Gasteiger partial charge is 0.463 e. The standard InChI is InChI=1S/C12H20O4/c1-3-15-11(13)9(2)16-12(14)10-7-5-4-6-8-10/h9-10H,3-8H2,1-2H3/t9-/m1/s1. The Morgan fingerprint density at radius 3 is 2.44 bits per heavy atom. The smallest absolute Gasteiger partial charge is 0.347 e. The molecule has 0 unspecified atom stereocenters. The van der Waals surface area contributed by atoms with E-state index in [-0.39, 0.29) is 11.9 Å². The highest BCUT2D eigenvalue weighted by atomic mass is 16.6. The number of rotatable bonds is 4. The van der Waals surface area contributed by atoms with Crippen LogP contribution in [0.5, 0.6) is 0 Å². The fourth-order valence-corrected chi connectivity index (χ4v) is 1.92. The van der Waals surface area contributed by atoms with E-state index in [1.54, 1.807) is 13.8 Å². The molecule has 0 aromatic heterocycles. The monoisotopic (exact) mass is 228 g/mol. The summed E-state index contributed by atoms with van der Waals surface area (Å²) in [7, 11) is 0. The van der Waals surface area contributed by atoms with Crippen LogP contribution in [-0.2, 0) is 19.1 Å². The lowest BCUT2D eigenvalue weighted by Crippen LogP contribution is -2.30. The van der Waals surface area contributed by atoms with Crippen LogP contribution in [0.4, 0.5) is 0 Å². The van der Waals surface area contributed by atoms with Crippen molar-refractivity contribution in [3.63, 3.8) is 0 Å². The van der Waals surface area contributed by atoms with Gasteiger partial charge in [-0.25, -0.2) is 4.79 Å². The highest BCUT2D eigenvalue weighted by Crippen LogP contribution is 2.25. The number of hydrogen-bond donors (Lipinski definition) is 0. The van der Waals surface area contributed by atoms with Crippen LogP contribution < -0.4 is 0 Å². The van der Waals surface area contributed by atoms with Gasteiger partial charge in [-0.15, -0.1) is 0 Å². The Bertz CT molecular complexity index is 243. The molecule has 16 heavy (non-hydrogen) atoms. The van der Waals surface area contributed by atoms with Crippen molar-refractivity contribution < 1.29 is 19.1 Å². The SMILES string of the molecule is CCOC(=O)[C@@H](C)OC(=O)C1CCCCC1. The van der Waals surface area contributed by atoms with Crippen LogP contribution in [-0.4, -0.2) is 24.6 Å². The molecule has 0 aliphatic heterocycles. The second kappa shape index (κ2) is 6.51. The Hall–Kier alpha value is -1.06. The van der Waals surface area contributed by atoms with Crippen molar-refractivity contribution in [2.24, 2.45) is 5.92 Å². The first kappa shape index (κ1) is 13.0. The molecular formula is C12H20O4. The first-order valence-corrected chi connectivity index (χ1v) is 6.02. The van der Waals surface area contributed by atoms with E-state index in [0.29, 0.717) is 6.61 Å². The zero-order valence-electron chi connectivity index (χ0n) is 10.0. The van der Waals surface area contributed by atoms with Gasteiger partial charge in [0.15, 0.2) is 6.10 Å². The van der Waals surface area contributed by atoms with Gasteiger partial charge in [-0.3, -0.25) is 4.79 Å². The first-order chi connectivity index (χ1) is 7.65. The summed E-state index contributed by atoms with van der Waals surface area (Å²) < 4.78 is 9.87. The molecular weight excluding hydrogens is 208 g/mol. The second-order valence-electron chi connectivity index (χ2n) is 4.17. The van der Waals surface area contributed by atoms with Gasteiger partial charge in [0.05, 0.1) is 12.5 Å². The van der Waals surface area contributed by atoms with E-state index in [9.17, 15) is 9.59 Å². The van der Waals surface area contributed by atoms with Crippen molar-refractivity contribution >= 4 is 11.9 Å². The number of hydrogen-bond acceptors (Lipinski definition) is 4. The molecule has 1 fully saturated rings. The van der Waals surface area contributed by atoms with Gasteiger partial charge >= 0.3 is 11.9 Å². The Balaban J connectivity index is 2.34. The molecule has 1 atom stereocenters. The van der Waals surface area contributed by atoms with Crippen LogP contribution in [0.15, 0.2) is 0 Å². The van der Waals surface area contributed by atoms with Gasteiger partial charge in [-0.2, -0.15) is 0 Å². The Morgan fingerprint density at radius 2 is 1.88 bits per heavy atom. The van der Waals surface area contributed by atoms with Gasteiger partial charge in [-0.1, -0.05) is 19.3 Å². The molecule has 1 rings (SSSR count). The maximum atomic E-state index is 11.7. The van der Waals surface area contributed by atoms with E-state index in [2.05, 4.69) is 0 Å². The third kappa shape index (κ3) is 3.83. The van der Waals surface area contributed by atoms with Gasteiger partial charge in [0, 0.05) is 0 Å². The van der Waals surface area contributed by atoms with Gasteiger partial charge < -0.3 is 9.47 Å². The molecule has 1 saturated carbocycles. The lowest BCUT2D eigenvalue weighted by atomic mass is 9.89. The summed E-state index contributed by atoms with van der Waals surface area (Å²) in [5.41, 5.74) is 0. The quantitative estimate of drug-likeness (QED) is 0.691. The van der Waals surface area contributed by atoms with Crippen molar-refractivity contribution in [3.8, 4) is 0 Å². The van der Waals surface area contributed by atoms with E-state index in [1.807, 2.05) is 0 Å². The lowest BCUT2D eigenvalue weighted by Gasteiger charge is -2.21. The van der Waals surface area contributed by atoms with Crippen molar-refractivity contribution in [2.45, 2.75) is 52.1 Å². The number of carbonyl (C=O) groups is 2. The molecule has 0 radical (unpaired) electrons. The molecule has 1 aliphatic carbocycles. The number of carbonyl (C=O) groups excluding carboxylic acids is 2. The summed E-state index contributed by atoms with van der Waals surface area (Å²) in [5, 5.41) is 0. The topological polar surface area (TPSA) is 52.6 Å². The van der Waals surface area contributed by atoms with Crippen molar-refractivity contribution in [1.29, 1.82) is 0 Å². The van der Waals surface area contributed by atoms with Crippen LogP contribution in [0.25, 0.3) is 0 Å². The highest BCUT2D eigenvalue weighted by Gasteiger charge is 2.26. The van der Waals surface area contributed by atoms with Crippen molar-refractivity contribution in [3.05, 3.63) is 0 Å². The van der Waals surface area contributed by atoms with Gasteiger partial charge in [0.2, 0.25) is 0 Å². The summed E-state index contributed by atoms with van der Waals surface area (Å²) in [6, 6.07) is 0. The first-order valence-electron chi connectivity index (χ1n) is 6.02. The Labute approximate surface area is 96.3 Å². The summed E-state index contributed by atoms with van der Waals surface area (Å²) in [6.07, 6.45) is 4.33. The molecule has 0 amide bonds. The van der Waals surface area contributed by atoms with Crippen LogP contribution in [0.2, 0.25) is 0 Å². The zero-order valence-corrected chi connectivity index (χ0v) is 10.0. The predicted molar refractivity (Wildman–Crippen MR) is 58.8 cm³/mol. The Morgan fingerprint density at radius 1 is 1.25 bits per heavy atom. The molecule has 0 aromatic carbocycles. The minimum absolute atomic E-state index is 0.0226. The van der Waals surface area contributed by atoms with Crippen LogP contribution >= 0.6 is 0 Å². The van der Waals surface area contributed by atoms with Gasteiger partial charge in [0.25, 0.3) is 0 Å². The lowest BCUT2D eigenvalue weighted by molar-refractivity contribution is -0.169. The fourth-order valence-electron chi connectivity index (χ4n) is 1.92. The van der Waals surface area contributed by atoms with E-state index in [1.165, 1.54) is 6.42 Å². The molecule has 4 nitrogen and oxygen atoms in total. The number of ether oxygens (including phenoxy) is 2. The molecule has 0 bridgehead atoms. The molecule has 4 heteroatoms. The second-order valence-corrected chi connectivity index (χ2v) is 4.17. The summed E-state index contributed by atoms with van der Waals surface area (Å²) in [6.45, 7) is 3.59. The molecule has 0 heterocycles. The normalized spacial score (nSPS) is 18.9. The van der Waals surface area contributed by atoms with E-state index in [4.69, 9.17) is 9.47 Å². The van der Waals surface area contributed by atoms with Crippen LogP contribution in [0.3, 0.4) is 0 Å². The minimum atomic E-state index is -0.783. The van der Waals surface area contributed by atoms with E-state index < -0.39 is 12.1 Å².